The molecule has 0 spiro atoms. The maximum absolute atomic E-state index is 11.2. The number of rotatable bonds is 4. The molecule has 1 aromatic carbocycles. The van der Waals surface area contributed by atoms with Crippen molar-refractivity contribution in [1.82, 2.24) is 5.32 Å². The average Bonchev–Trinajstić information content (AvgIpc) is 2.28. The SMILES string of the molecule is CNC(=O)C(C)Oc1cccc(C(C)=O)c1. The summed E-state index contributed by atoms with van der Waals surface area (Å²) in [5, 5.41) is 2.49. The Balaban J connectivity index is 2.78. The number of ether oxygens (including phenoxy) is 1. The molecule has 1 N–H and O–H groups in total. The molecule has 0 aliphatic heterocycles. The Bertz CT molecular complexity index is 401. The minimum atomic E-state index is -0.577. The van der Waals surface area contributed by atoms with E-state index >= 15 is 0 Å². The summed E-state index contributed by atoms with van der Waals surface area (Å²) in [5.74, 6) is 0.287. The molecule has 0 heterocycles. The van der Waals surface area contributed by atoms with Crippen LogP contribution in [0.15, 0.2) is 24.3 Å². The molecule has 1 amide bonds. The molecule has 0 bridgehead atoms. The number of amides is 1. The molecule has 0 fully saturated rings. The van der Waals surface area contributed by atoms with Crippen molar-refractivity contribution in [3.8, 4) is 5.75 Å². The Morgan fingerprint density at radius 3 is 2.62 bits per heavy atom. The van der Waals surface area contributed by atoms with E-state index in [1.165, 1.54) is 6.92 Å². The summed E-state index contributed by atoms with van der Waals surface area (Å²) in [6, 6.07) is 6.77. The molecule has 1 aromatic rings. The lowest BCUT2D eigenvalue weighted by atomic mass is 10.1. The van der Waals surface area contributed by atoms with Gasteiger partial charge in [0.2, 0.25) is 0 Å². The standard InChI is InChI=1S/C12H15NO3/c1-8(14)10-5-4-6-11(7-10)16-9(2)12(15)13-3/h4-7,9H,1-3H3,(H,13,15). The first-order valence-corrected chi connectivity index (χ1v) is 5.04. The Kier molecular flexibility index (Phi) is 4.05. The number of ketones is 1. The second-order valence-corrected chi connectivity index (χ2v) is 3.46. The molecule has 86 valence electrons. The molecule has 0 saturated carbocycles. The van der Waals surface area contributed by atoms with Gasteiger partial charge in [-0.1, -0.05) is 12.1 Å². The fourth-order valence-corrected chi connectivity index (χ4v) is 1.25. The Labute approximate surface area is 94.6 Å². The van der Waals surface area contributed by atoms with Crippen molar-refractivity contribution in [2.45, 2.75) is 20.0 Å². The number of likely N-dealkylation sites (N-methyl/N-ethyl adjacent to an activating group) is 1. The average molecular weight is 221 g/mol. The molecule has 1 atom stereocenters. The van der Waals surface area contributed by atoms with Crippen molar-refractivity contribution in [2.24, 2.45) is 0 Å². The highest BCUT2D eigenvalue weighted by atomic mass is 16.5. The van der Waals surface area contributed by atoms with Crippen LogP contribution in [0.25, 0.3) is 0 Å². The molecule has 4 heteroatoms. The van der Waals surface area contributed by atoms with Crippen molar-refractivity contribution in [3.63, 3.8) is 0 Å². The summed E-state index contributed by atoms with van der Waals surface area (Å²) < 4.78 is 5.39. The van der Waals surface area contributed by atoms with Crippen molar-refractivity contribution in [1.29, 1.82) is 0 Å². The summed E-state index contributed by atoms with van der Waals surface area (Å²) in [6.07, 6.45) is -0.577. The van der Waals surface area contributed by atoms with Gasteiger partial charge in [0.05, 0.1) is 0 Å². The summed E-state index contributed by atoms with van der Waals surface area (Å²) in [5.41, 5.74) is 0.571. The molecule has 0 aliphatic carbocycles. The van der Waals surface area contributed by atoms with Gasteiger partial charge in [0.1, 0.15) is 5.75 Å². The van der Waals surface area contributed by atoms with E-state index in [0.717, 1.165) is 0 Å². The summed E-state index contributed by atoms with van der Waals surface area (Å²) in [6.45, 7) is 3.14. The molecule has 4 nitrogen and oxygen atoms in total. The topological polar surface area (TPSA) is 55.4 Å². The maximum atomic E-state index is 11.2. The molecule has 16 heavy (non-hydrogen) atoms. The lowest BCUT2D eigenvalue weighted by Gasteiger charge is -2.13. The normalized spacial score (nSPS) is 11.7. The van der Waals surface area contributed by atoms with Crippen molar-refractivity contribution in [3.05, 3.63) is 29.8 Å². The van der Waals surface area contributed by atoms with Gasteiger partial charge in [-0.25, -0.2) is 0 Å². The van der Waals surface area contributed by atoms with E-state index in [-0.39, 0.29) is 11.7 Å². The minimum absolute atomic E-state index is 0.0296. The van der Waals surface area contributed by atoms with Crippen LogP contribution in [0.1, 0.15) is 24.2 Å². The summed E-state index contributed by atoms with van der Waals surface area (Å²) >= 11 is 0. The third-order valence-electron chi connectivity index (χ3n) is 2.17. The van der Waals surface area contributed by atoms with Crippen LogP contribution in [0.5, 0.6) is 5.75 Å². The van der Waals surface area contributed by atoms with Crippen LogP contribution in [-0.2, 0) is 4.79 Å². The van der Waals surface area contributed by atoms with Gasteiger partial charge in [-0.2, -0.15) is 0 Å². The number of Topliss-reactive ketones (excluding diaryl/α,β-unsaturated/α-hetero) is 1. The van der Waals surface area contributed by atoms with Gasteiger partial charge >= 0.3 is 0 Å². The van der Waals surface area contributed by atoms with Crippen LogP contribution < -0.4 is 10.1 Å². The van der Waals surface area contributed by atoms with Gasteiger partial charge in [0, 0.05) is 12.6 Å². The van der Waals surface area contributed by atoms with Gasteiger partial charge in [0.25, 0.3) is 5.91 Å². The number of carbonyl (C=O) groups excluding carboxylic acids is 2. The second-order valence-electron chi connectivity index (χ2n) is 3.46. The van der Waals surface area contributed by atoms with Crippen LogP contribution in [0, 0.1) is 0 Å². The van der Waals surface area contributed by atoms with E-state index in [2.05, 4.69) is 5.32 Å². The zero-order valence-electron chi connectivity index (χ0n) is 9.61. The highest BCUT2D eigenvalue weighted by Gasteiger charge is 2.12. The van der Waals surface area contributed by atoms with E-state index in [0.29, 0.717) is 11.3 Å². The van der Waals surface area contributed by atoms with Crippen LogP contribution in [-0.4, -0.2) is 24.8 Å². The maximum Gasteiger partial charge on any atom is 0.260 e. The fourth-order valence-electron chi connectivity index (χ4n) is 1.25. The van der Waals surface area contributed by atoms with Crippen LogP contribution >= 0.6 is 0 Å². The fraction of sp³-hybridized carbons (Fsp3) is 0.333. The largest absolute Gasteiger partial charge is 0.481 e. The first-order valence-electron chi connectivity index (χ1n) is 5.04. The van der Waals surface area contributed by atoms with E-state index in [4.69, 9.17) is 4.74 Å². The van der Waals surface area contributed by atoms with Gasteiger partial charge in [-0.3, -0.25) is 9.59 Å². The number of hydrogen-bond donors (Lipinski definition) is 1. The molecule has 0 aliphatic rings. The molecule has 1 rings (SSSR count). The van der Waals surface area contributed by atoms with Crippen LogP contribution in [0.3, 0.4) is 0 Å². The van der Waals surface area contributed by atoms with Crippen molar-refractivity contribution >= 4 is 11.7 Å². The Morgan fingerprint density at radius 2 is 2.06 bits per heavy atom. The van der Waals surface area contributed by atoms with E-state index in [1.54, 1.807) is 38.2 Å². The molecule has 0 aromatic heterocycles. The number of benzene rings is 1. The number of hydrogen-bond acceptors (Lipinski definition) is 3. The van der Waals surface area contributed by atoms with E-state index in [9.17, 15) is 9.59 Å². The molecule has 0 saturated heterocycles. The minimum Gasteiger partial charge on any atom is -0.481 e. The smallest absolute Gasteiger partial charge is 0.260 e. The predicted molar refractivity (Wildman–Crippen MR) is 60.6 cm³/mol. The highest BCUT2D eigenvalue weighted by Crippen LogP contribution is 2.15. The predicted octanol–water partition coefficient (Wildman–Crippen LogP) is 1.40. The highest BCUT2D eigenvalue weighted by molar-refractivity contribution is 5.94. The zero-order chi connectivity index (χ0) is 12.1. The number of nitrogens with one attached hydrogen (secondary N) is 1. The molecule has 1 unspecified atom stereocenters. The summed E-state index contributed by atoms with van der Waals surface area (Å²) in [4.78, 5) is 22.4. The Hall–Kier alpha value is -1.84. The Morgan fingerprint density at radius 1 is 1.38 bits per heavy atom. The third kappa shape index (κ3) is 3.08. The van der Waals surface area contributed by atoms with Gasteiger partial charge in [-0.15, -0.1) is 0 Å². The van der Waals surface area contributed by atoms with Crippen molar-refractivity contribution < 1.29 is 14.3 Å². The third-order valence-corrected chi connectivity index (χ3v) is 2.17. The van der Waals surface area contributed by atoms with Crippen LogP contribution in [0.2, 0.25) is 0 Å². The van der Waals surface area contributed by atoms with Crippen molar-refractivity contribution in [2.75, 3.05) is 7.05 Å². The first kappa shape index (κ1) is 12.2. The lowest BCUT2D eigenvalue weighted by molar-refractivity contribution is -0.126. The van der Waals surface area contributed by atoms with Crippen LogP contribution in [0.4, 0.5) is 0 Å². The summed E-state index contributed by atoms with van der Waals surface area (Å²) in [7, 11) is 1.55. The van der Waals surface area contributed by atoms with Gasteiger partial charge in [-0.05, 0) is 26.0 Å². The molecule has 0 radical (unpaired) electrons. The first-order chi connectivity index (χ1) is 7.54. The molecular weight excluding hydrogens is 206 g/mol. The molecular formula is C12H15NO3. The quantitative estimate of drug-likeness (QED) is 0.782. The number of carbonyl (C=O) groups is 2. The second kappa shape index (κ2) is 5.30. The zero-order valence-corrected chi connectivity index (χ0v) is 9.61. The van der Waals surface area contributed by atoms with E-state index < -0.39 is 6.10 Å². The monoisotopic (exact) mass is 221 g/mol. The van der Waals surface area contributed by atoms with Gasteiger partial charge in [0.15, 0.2) is 11.9 Å². The van der Waals surface area contributed by atoms with Gasteiger partial charge < -0.3 is 10.1 Å². The lowest BCUT2D eigenvalue weighted by Crippen LogP contribution is -2.33. The van der Waals surface area contributed by atoms with E-state index in [1.807, 2.05) is 0 Å².